The normalized spacial score (nSPS) is 14.1. The van der Waals surface area contributed by atoms with Crippen LogP contribution in [0.25, 0.3) is 0 Å². The van der Waals surface area contributed by atoms with Crippen LogP contribution in [0.5, 0.6) is 0 Å². The van der Waals surface area contributed by atoms with Crippen LogP contribution in [0.15, 0.2) is 12.7 Å². The van der Waals surface area contributed by atoms with Gasteiger partial charge in [0, 0.05) is 0 Å². The lowest BCUT2D eigenvalue weighted by atomic mass is 10.1. The number of methoxy groups -OCH3 is 1. The van der Waals surface area contributed by atoms with E-state index in [0.717, 1.165) is 0 Å². The second-order valence-corrected chi connectivity index (χ2v) is 2.78. The average Bonchev–Trinajstić information content (AvgIpc) is 2.14. The van der Waals surface area contributed by atoms with Gasteiger partial charge in [0.25, 0.3) is 0 Å². The first-order valence-electron chi connectivity index (χ1n) is 4.03. The molecule has 0 saturated carbocycles. The number of esters is 1. The van der Waals surface area contributed by atoms with Gasteiger partial charge in [-0.1, -0.05) is 13.0 Å². The topological polar surface area (TPSA) is 55.4 Å². The van der Waals surface area contributed by atoms with Crippen molar-refractivity contribution in [1.82, 2.24) is 5.32 Å². The molecule has 4 nitrogen and oxygen atoms in total. The maximum absolute atomic E-state index is 11.2. The molecule has 74 valence electrons. The second kappa shape index (κ2) is 5.35. The lowest BCUT2D eigenvalue weighted by molar-refractivity contribution is -0.144. The Labute approximate surface area is 78.0 Å². The predicted octanol–water partition coefficient (Wildman–Crippen LogP) is 0.486. The van der Waals surface area contributed by atoms with Crippen LogP contribution < -0.4 is 5.32 Å². The molecule has 4 heteroatoms. The van der Waals surface area contributed by atoms with Crippen LogP contribution in [0.1, 0.15) is 13.8 Å². The van der Waals surface area contributed by atoms with E-state index in [0.29, 0.717) is 0 Å². The molecular formula is C9H15NO3. The Morgan fingerprint density at radius 2 is 2.00 bits per heavy atom. The Balaban J connectivity index is 4.05. The van der Waals surface area contributed by atoms with Crippen molar-refractivity contribution in [1.29, 1.82) is 0 Å². The summed E-state index contributed by atoms with van der Waals surface area (Å²) in [5.41, 5.74) is 0. The third-order valence-electron chi connectivity index (χ3n) is 1.68. The van der Waals surface area contributed by atoms with Crippen molar-refractivity contribution in [2.45, 2.75) is 19.9 Å². The van der Waals surface area contributed by atoms with E-state index in [1.54, 1.807) is 13.8 Å². The highest BCUT2D eigenvalue weighted by Gasteiger charge is 2.17. The maximum Gasteiger partial charge on any atom is 0.328 e. The summed E-state index contributed by atoms with van der Waals surface area (Å²) in [5.74, 6) is -0.982. The van der Waals surface area contributed by atoms with Crippen molar-refractivity contribution in [3.8, 4) is 0 Å². The fourth-order valence-corrected chi connectivity index (χ4v) is 0.688. The van der Waals surface area contributed by atoms with Gasteiger partial charge in [-0.05, 0) is 6.92 Å². The SMILES string of the molecule is C=C[C@@H](C)C(=O)NC(C)C(=O)OC. The van der Waals surface area contributed by atoms with Crippen LogP contribution in [-0.2, 0) is 14.3 Å². The smallest absolute Gasteiger partial charge is 0.328 e. The fourth-order valence-electron chi connectivity index (χ4n) is 0.688. The van der Waals surface area contributed by atoms with E-state index in [1.807, 2.05) is 0 Å². The Morgan fingerprint density at radius 1 is 1.46 bits per heavy atom. The van der Waals surface area contributed by atoms with E-state index < -0.39 is 12.0 Å². The average molecular weight is 185 g/mol. The number of hydrogen-bond donors (Lipinski definition) is 1. The van der Waals surface area contributed by atoms with Crippen LogP contribution in [-0.4, -0.2) is 25.0 Å². The molecule has 1 N–H and O–H groups in total. The monoisotopic (exact) mass is 185 g/mol. The molecule has 0 spiro atoms. The van der Waals surface area contributed by atoms with Crippen LogP contribution >= 0.6 is 0 Å². The van der Waals surface area contributed by atoms with Gasteiger partial charge >= 0.3 is 5.97 Å². The molecule has 0 fully saturated rings. The van der Waals surface area contributed by atoms with Gasteiger partial charge in [0.2, 0.25) is 5.91 Å². The van der Waals surface area contributed by atoms with Crippen molar-refractivity contribution < 1.29 is 14.3 Å². The molecule has 0 aromatic carbocycles. The lowest BCUT2D eigenvalue weighted by Gasteiger charge is -2.13. The van der Waals surface area contributed by atoms with Gasteiger partial charge in [-0.25, -0.2) is 4.79 Å². The molecule has 0 aliphatic rings. The highest BCUT2D eigenvalue weighted by atomic mass is 16.5. The largest absolute Gasteiger partial charge is 0.467 e. The minimum atomic E-state index is -0.611. The van der Waals surface area contributed by atoms with E-state index in [4.69, 9.17) is 0 Å². The summed E-state index contributed by atoms with van der Waals surface area (Å²) >= 11 is 0. The number of ether oxygens (including phenoxy) is 1. The van der Waals surface area contributed by atoms with Gasteiger partial charge in [-0.3, -0.25) is 4.79 Å². The quantitative estimate of drug-likeness (QED) is 0.512. The summed E-state index contributed by atoms with van der Waals surface area (Å²) in [4.78, 5) is 22.1. The molecule has 0 aromatic heterocycles. The second-order valence-electron chi connectivity index (χ2n) is 2.78. The van der Waals surface area contributed by atoms with Gasteiger partial charge in [-0.2, -0.15) is 0 Å². The van der Waals surface area contributed by atoms with Crippen molar-refractivity contribution >= 4 is 11.9 Å². The van der Waals surface area contributed by atoms with E-state index in [-0.39, 0.29) is 11.8 Å². The molecule has 0 saturated heterocycles. The molecule has 0 aromatic rings. The van der Waals surface area contributed by atoms with Crippen LogP contribution in [0.4, 0.5) is 0 Å². The number of carbonyl (C=O) groups is 2. The van der Waals surface area contributed by atoms with E-state index >= 15 is 0 Å². The minimum Gasteiger partial charge on any atom is -0.467 e. The summed E-state index contributed by atoms with van der Waals surface area (Å²) in [6, 6.07) is -0.611. The third kappa shape index (κ3) is 3.73. The van der Waals surface area contributed by atoms with Crippen LogP contribution in [0.3, 0.4) is 0 Å². The Morgan fingerprint density at radius 3 is 2.38 bits per heavy atom. The summed E-state index contributed by atoms with van der Waals surface area (Å²) < 4.78 is 4.45. The zero-order chi connectivity index (χ0) is 10.4. The van der Waals surface area contributed by atoms with Crippen molar-refractivity contribution in [2.24, 2.45) is 5.92 Å². The molecule has 0 aliphatic carbocycles. The number of nitrogens with one attached hydrogen (secondary N) is 1. The van der Waals surface area contributed by atoms with Crippen LogP contribution in [0, 0.1) is 5.92 Å². The van der Waals surface area contributed by atoms with Crippen molar-refractivity contribution in [3.05, 3.63) is 12.7 Å². The summed E-state index contributed by atoms with van der Waals surface area (Å²) in [7, 11) is 1.28. The molecule has 1 amide bonds. The summed E-state index contributed by atoms with van der Waals surface area (Å²) in [6.45, 7) is 6.75. The molecule has 0 rings (SSSR count). The molecule has 0 aliphatic heterocycles. The maximum atomic E-state index is 11.2. The van der Waals surface area contributed by atoms with Gasteiger partial charge < -0.3 is 10.1 Å². The molecular weight excluding hydrogens is 170 g/mol. The molecule has 0 bridgehead atoms. The Kier molecular flexibility index (Phi) is 4.80. The Bertz CT molecular complexity index is 213. The highest BCUT2D eigenvalue weighted by molar-refractivity contribution is 5.86. The van der Waals surface area contributed by atoms with Gasteiger partial charge in [-0.15, -0.1) is 6.58 Å². The molecule has 1 unspecified atom stereocenters. The van der Waals surface area contributed by atoms with E-state index in [1.165, 1.54) is 13.2 Å². The van der Waals surface area contributed by atoms with Gasteiger partial charge in [0.15, 0.2) is 0 Å². The number of rotatable bonds is 4. The first kappa shape index (κ1) is 11.7. The number of hydrogen-bond acceptors (Lipinski definition) is 3. The molecule has 0 heterocycles. The number of amides is 1. The van der Waals surface area contributed by atoms with Crippen molar-refractivity contribution in [3.63, 3.8) is 0 Å². The van der Waals surface area contributed by atoms with Gasteiger partial charge in [0.1, 0.15) is 6.04 Å². The summed E-state index contributed by atoms with van der Waals surface area (Å²) in [5, 5.41) is 2.50. The molecule has 0 radical (unpaired) electrons. The number of carbonyl (C=O) groups excluding carboxylic acids is 2. The Hall–Kier alpha value is -1.32. The van der Waals surface area contributed by atoms with E-state index in [9.17, 15) is 9.59 Å². The molecule has 2 atom stereocenters. The zero-order valence-corrected chi connectivity index (χ0v) is 8.16. The minimum absolute atomic E-state index is 0.229. The van der Waals surface area contributed by atoms with E-state index in [2.05, 4.69) is 16.6 Å². The highest BCUT2D eigenvalue weighted by Crippen LogP contribution is 1.96. The van der Waals surface area contributed by atoms with Crippen LogP contribution in [0.2, 0.25) is 0 Å². The molecule has 13 heavy (non-hydrogen) atoms. The fraction of sp³-hybridized carbons (Fsp3) is 0.556. The van der Waals surface area contributed by atoms with Gasteiger partial charge in [0.05, 0.1) is 13.0 Å². The first-order valence-corrected chi connectivity index (χ1v) is 4.03. The zero-order valence-electron chi connectivity index (χ0n) is 8.16. The summed E-state index contributed by atoms with van der Waals surface area (Å²) in [6.07, 6.45) is 1.51. The standard InChI is InChI=1S/C9H15NO3/c1-5-6(2)8(11)10-7(3)9(12)13-4/h5-7H,1H2,2-4H3,(H,10,11)/t6-,7?/m1/s1. The first-order chi connectivity index (χ1) is 6.02. The predicted molar refractivity (Wildman–Crippen MR) is 49.0 cm³/mol. The third-order valence-corrected chi connectivity index (χ3v) is 1.68. The lowest BCUT2D eigenvalue weighted by Crippen LogP contribution is -2.41. The van der Waals surface area contributed by atoms with Crippen molar-refractivity contribution in [2.75, 3.05) is 7.11 Å².